The van der Waals surface area contributed by atoms with E-state index in [-0.39, 0.29) is 17.7 Å². The van der Waals surface area contributed by atoms with Crippen LogP contribution in [-0.4, -0.2) is 44.7 Å². The van der Waals surface area contributed by atoms with Crippen LogP contribution in [0.25, 0.3) is 0 Å². The molecule has 3 rings (SSSR count). The summed E-state index contributed by atoms with van der Waals surface area (Å²) in [5, 5.41) is 8.09. The van der Waals surface area contributed by atoms with E-state index in [0.717, 1.165) is 17.7 Å². The zero-order valence-electron chi connectivity index (χ0n) is 13.7. The first kappa shape index (κ1) is 16.3. The molecule has 0 radical (unpaired) electrons. The van der Waals surface area contributed by atoms with Crippen LogP contribution < -0.4 is 5.73 Å². The Balaban J connectivity index is 1.59. The Morgan fingerprint density at radius 1 is 1.29 bits per heavy atom. The molecule has 1 aromatic carbocycles. The fraction of sp³-hybridized carbons (Fsp3) is 0.412. The van der Waals surface area contributed by atoms with Gasteiger partial charge in [0.2, 0.25) is 5.91 Å². The maximum Gasteiger partial charge on any atom is 0.227 e. The molecular weight excluding hydrogens is 306 g/mol. The quantitative estimate of drug-likeness (QED) is 0.825. The van der Waals surface area contributed by atoms with Crippen LogP contribution in [0.3, 0.4) is 0 Å². The predicted molar refractivity (Wildman–Crippen MR) is 88.3 cm³/mol. The van der Waals surface area contributed by atoms with Gasteiger partial charge in [0.25, 0.3) is 0 Å². The van der Waals surface area contributed by atoms with Gasteiger partial charge in [0, 0.05) is 25.2 Å². The molecule has 0 bridgehead atoms. The Bertz CT molecular complexity index is 738. The minimum atomic E-state index is 0.0277. The average Bonchev–Trinajstić information content (AvgIpc) is 3.24. The second-order valence-corrected chi connectivity index (χ2v) is 6.11. The normalized spacial score (nSPS) is 17.2. The summed E-state index contributed by atoms with van der Waals surface area (Å²) in [5.74, 6) is 0.118. The van der Waals surface area contributed by atoms with Gasteiger partial charge in [0.05, 0.1) is 24.4 Å². The van der Waals surface area contributed by atoms with Crippen LogP contribution in [0.15, 0.2) is 30.5 Å². The van der Waals surface area contributed by atoms with E-state index in [4.69, 9.17) is 5.73 Å². The fourth-order valence-electron chi connectivity index (χ4n) is 2.91. The van der Waals surface area contributed by atoms with Crippen molar-refractivity contribution in [3.05, 3.63) is 47.3 Å². The lowest BCUT2D eigenvalue weighted by molar-refractivity contribution is -0.129. The van der Waals surface area contributed by atoms with Gasteiger partial charge in [-0.2, -0.15) is 0 Å². The first-order valence-corrected chi connectivity index (χ1v) is 8.05. The predicted octanol–water partition coefficient (Wildman–Crippen LogP) is 0.956. The van der Waals surface area contributed by atoms with E-state index in [1.54, 1.807) is 16.8 Å². The molecule has 1 atom stereocenters. The van der Waals surface area contributed by atoms with Crippen molar-refractivity contribution in [3.8, 4) is 0 Å². The topological polar surface area (TPSA) is 94.1 Å². The van der Waals surface area contributed by atoms with E-state index >= 15 is 0 Å². The van der Waals surface area contributed by atoms with Crippen molar-refractivity contribution in [2.45, 2.75) is 32.4 Å². The van der Waals surface area contributed by atoms with E-state index in [0.29, 0.717) is 31.6 Å². The zero-order chi connectivity index (χ0) is 17.1. The summed E-state index contributed by atoms with van der Waals surface area (Å²) in [6, 6.07) is 7.37. The lowest BCUT2D eigenvalue weighted by atomic mass is 10.1. The first-order chi connectivity index (χ1) is 11.6. The number of hydrogen-bond donors (Lipinski definition) is 1. The van der Waals surface area contributed by atoms with Gasteiger partial charge in [-0.05, 0) is 18.9 Å². The van der Waals surface area contributed by atoms with Gasteiger partial charge in [-0.15, -0.1) is 5.10 Å². The highest BCUT2D eigenvalue weighted by Gasteiger charge is 2.28. The molecule has 126 valence electrons. The molecule has 0 aliphatic carbocycles. The van der Waals surface area contributed by atoms with Crippen molar-refractivity contribution in [3.63, 3.8) is 0 Å². The number of carbonyl (C=O) groups excluding carboxylic acids is 2. The van der Waals surface area contributed by atoms with Gasteiger partial charge in [-0.25, -0.2) is 4.68 Å². The van der Waals surface area contributed by atoms with Gasteiger partial charge < -0.3 is 10.6 Å². The highest BCUT2D eigenvalue weighted by atomic mass is 16.2. The molecule has 1 saturated heterocycles. The molecule has 1 aliphatic heterocycles. The fourth-order valence-corrected chi connectivity index (χ4v) is 2.91. The molecule has 24 heavy (non-hydrogen) atoms. The van der Waals surface area contributed by atoms with Crippen molar-refractivity contribution < 1.29 is 9.59 Å². The van der Waals surface area contributed by atoms with Crippen molar-refractivity contribution in [2.75, 3.05) is 13.1 Å². The van der Waals surface area contributed by atoms with E-state index in [1.165, 1.54) is 6.92 Å². The Morgan fingerprint density at radius 2 is 2.04 bits per heavy atom. The molecule has 0 spiro atoms. The number of rotatable bonds is 5. The number of carbonyl (C=O) groups is 2. The van der Waals surface area contributed by atoms with Crippen molar-refractivity contribution in [1.82, 2.24) is 19.9 Å². The summed E-state index contributed by atoms with van der Waals surface area (Å²) in [4.78, 5) is 25.6. The third-order valence-corrected chi connectivity index (χ3v) is 4.37. The third kappa shape index (κ3) is 3.51. The Kier molecular flexibility index (Phi) is 4.71. The van der Waals surface area contributed by atoms with Crippen LogP contribution in [0.4, 0.5) is 0 Å². The highest BCUT2D eigenvalue weighted by Crippen LogP contribution is 2.21. The van der Waals surface area contributed by atoms with E-state index < -0.39 is 0 Å². The van der Waals surface area contributed by atoms with Gasteiger partial charge in [-0.3, -0.25) is 9.59 Å². The van der Waals surface area contributed by atoms with E-state index in [9.17, 15) is 9.59 Å². The standard InChI is InChI=1S/C17H21N5O2/c1-12(23)14-4-2-13(3-5-14)8-17(24)21-7-6-16(11-21)22-10-15(9-18)19-20-22/h2-5,10,16H,6-9,11,18H2,1H3. The minimum absolute atomic E-state index is 0.0277. The Morgan fingerprint density at radius 3 is 2.67 bits per heavy atom. The molecule has 2 heterocycles. The van der Waals surface area contributed by atoms with Gasteiger partial charge >= 0.3 is 0 Å². The number of likely N-dealkylation sites (tertiary alicyclic amines) is 1. The summed E-state index contributed by atoms with van der Waals surface area (Å²) in [5.41, 5.74) is 7.88. The number of hydrogen-bond acceptors (Lipinski definition) is 5. The lowest BCUT2D eigenvalue weighted by Crippen LogP contribution is -2.30. The SMILES string of the molecule is CC(=O)c1ccc(CC(=O)N2CCC(n3cc(CN)nn3)C2)cc1. The number of ketones is 1. The van der Waals surface area contributed by atoms with Crippen molar-refractivity contribution in [1.29, 1.82) is 0 Å². The number of Topliss-reactive ketones (excluding diaryl/α,β-unsaturated/α-hetero) is 1. The summed E-state index contributed by atoms with van der Waals surface area (Å²) in [7, 11) is 0. The minimum Gasteiger partial charge on any atom is -0.340 e. The summed E-state index contributed by atoms with van der Waals surface area (Å²) in [6.45, 7) is 3.25. The van der Waals surface area contributed by atoms with E-state index in [2.05, 4.69) is 10.3 Å². The number of benzene rings is 1. The van der Waals surface area contributed by atoms with Crippen molar-refractivity contribution >= 4 is 11.7 Å². The summed E-state index contributed by atoms with van der Waals surface area (Å²) >= 11 is 0. The van der Waals surface area contributed by atoms with Crippen molar-refractivity contribution in [2.24, 2.45) is 5.73 Å². The van der Waals surface area contributed by atoms with Crippen LogP contribution in [0.2, 0.25) is 0 Å². The van der Waals surface area contributed by atoms with Gasteiger partial charge in [0.1, 0.15) is 0 Å². The second kappa shape index (κ2) is 6.92. The number of aromatic nitrogens is 3. The Labute approximate surface area is 140 Å². The monoisotopic (exact) mass is 327 g/mol. The maximum atomic E-state index is 12.5. The molecule has 7 heteroatoms. The summed E-state index contributed by atoms with van der Waals surface area (Å²) in [6.07, 6.45) is 3.05. The van der Waals surface area contributed by atoms with Crippen LogP contribution in [-0.2, 0) is 17.8 Å². The molecular formula is C17H21N5O2. The van der Waals surface area contributed by atoms with E-state index in [1.807, 2.05) is 23.2 Å². The third-order valence-electron chi connectivity index (χ3n) is 4.37. The van der Waals surface area contributed by atoms with Gasteiger partial charge in [0.15, 0.2) is 5.78 Å². The van der Waals surface area contributed by atoms with Crippen LogP contribution >= 0.6 is 0 Å². The zero-order valence-corrected chi connectivity index (χ0v) is 13.7. The number of amides is 1. The molecule has 1 amide bonds. The molecule has 1 aromatic heterocycles. The Hall–Kier alpha value is -2.54. The highest BCUT2D eigenvalue weighted by molar-refractivity contribution is 5.94. The molecule has 0 saturated carbocycles. The maximum absolute atomic E-state index is 12.5. The lowest BCUT2D eigenvalue weighted by Gasteiger charge is -2.16. The van der Waals surface area contributed by atoms with Crippen LogP contribution in [0.5, 0.6) is 0 Å². The van der Waals surface area contributed by atoms with Crippen LogP contribution in [0, 0.1) is 0 Å². The average molecular weight is 327 g/mol. The van der Waals surface area contributed by atoms with Crippen LogP contribution in [0.1, 0.15) is 41.0 Å². The second-order valence-electron chi connectivity index (χ2n) is 6.11. The smallest absolute Gasteiger partial charge is 0.227 e. The first-order valence-electron chi connectivity index (χ1n) is 8.05. The largest absolute Gasteiger partial charge is 0.340 e. The summed E-state index contributed by atoms with van der Waals surface area (Å²) < 4.78 is 1.80. The molecule has 1 aliphatic rings. The number of nitrogens with two attached hydrogens (primary N) is 1. The molecule has 2 aromatic rings. The van der Waals surface area contributed by atoms with Gasteiger partial charge in [-0.1, -0.05) is 29.5 Å². The molecule has 1 unspecified atom stereocenters. The molecule has 7 nitrogen and oxygen atoms in total. The molecule has 2 N–H and O–H groups in total. The number of nitrogens with zero attached hydrogens (tertiary/aromatic N) is 4. The molecule has 1 fully saturated rings.